The summed E-state index contributed by atoms with van der Waals surface area (Å²) in [6.07, 6.45) is 0.882. The zero-order valence-corrected chi connectivity index (χ0v) is 8.73. The van der Waals surface area contributed by atoms with E-state index in [1.165, 1.54) is 6.92 Å². The van der Waals surface area contributed by atoms with Gasteiger partial charge in [-0.2, -0.15) is 11.8 Å². The lowest BCUT2D eigenvalue weighted by molar-refractivity contribution is 0.100. The first-order chi connectivity index (χ1) is 6.68. The molecule has 0 fully saturated rings. The number of fused-ring (bicyclic) bond motifs is 1. The maximum absolute atomic E-state index is 11.1. The van der Waals surface area contributed by atoms with Crippen LogP contribution in [0.1, 0.15) is 28.8 Å². The van der Waals surface area contributed by atoms with Gasteiger partial charge >= 0.3 is 0 Å². The first kappa shape index (κ1) is 9.45. The summed E-state index contributed by atoms with van der Waals surface area (Å²) in [6, 6.07) is 0. The number of anilines is 1. The SMILES string of the molecule is CC(=O)c1nc(N)c2c(n1)CCSC2. The number of aromatic nitrogens is 2. The molecule has 0 unspecified atom stereocenters. The normalized spacial score (nSPS) is 14.9. The number of carbonyl (C=O) groups is 1. The smallest absolute Gasteiger partial charge is 0.197 e. The number of nitrogens with zero attached hydrogens (tertiary/aromatic N) is 2. The minimum Gasteiger partial charge on any atom is -0.383 e. The summed E-state index contributed by atoms with van der Waals surface area (Å²) in [5.41, 5.74) is 7.71. The molecule has 0 radical (unpaired) electrons. The van der Waals surface area contributed by atoms with Gasteiger partial charge in [0.25, 0.3) is 0 Å². The average molecular weight is 209 g/mol. The molecule has 1 aliphatic heterocycles. The van der Waals surface area contributed by atoms with E-state index in [1.54, 1.807) is 0 Å². The molecule has 0 aliphatic carbocycles. The lowest BCUT2D eigenvalue weighted by atomic mass is 10.2. The van der Waals surface area contributed by atoms with Crippen LogP contribution >= 0.6 is 11.8 Å². The Morgan fingerprint density at radius 1 is 1.50 bits per heavy atom. The molecule has 1 aliphatic rings. The molecule has 4 nitrogen and oxygen atoms in total. The predicted molar refractivity (Wildman–Crippen MR) is 56.3 cm³/mol. The lowest BCUT2D eigenvalue weighted by Gasteiger charge is -2.16. The van der Waals surface area contributed by atoms with Crippen LogP contribution in [0.3, 0.4) is 0 Å². The Labute approximate surface area is 86.3 Å². The van der Waals surface area contributed by atoms with Crippen LogP contribution in [0.5, 0.6) is 0 Å². The fourth-order valence-corrected chi connectivity index (χ4v) is 2.41. The van der Waals surface area contributed by atoms with Crippen LogP contribution < -0.4 is 5.73 Å². The second kappa shape index (κ2) is 3.57. The Bertz CT molecular complexity index is 392. The summed E-state index contributed by atoms with van der Waals surface area (Å²) in [5.74, 6) is 2.48. The Balaban J connectivity index is 2.51. The van der Waals surface area contributed by atoms with E-state index in [-0.39, 0.29) is 11.6 Å². The highest BCUT2D eigenvalue weighted by molar-refractivity contribution is 7.98. The molecule has 0 spiro atoms. The summed E-state index contributed by atoms with van der Waals surface area (Å²) in [4.78, 5) is 19.3. The number of rotatable bonds is 1. The molecule has 0 amide bonds. The van der Waals surface area contributed by atoms with Crippen LogP contribution in [0.4, 0.5) is 5.82 Å². The van der Waals surface area contributed by atoms with Crippen molar-refractivity contribution < 1.29 is 4.79 Å². The van der Waals surface area contributed by atoms with Gasteiger partial charge in [-0.1, -0.05) is 0 Å². The molecule has 2 rings (SSSR count). The van der Waals surface area contributed by atoms with Crippen molar-refractivity contribution in [2.24, 2.45) is 0 Å². The molecular formula is C9H11N3OS. The third-order valence-electron chi connectivity index (χ3n) is 2.17. The number of aryl methyl sites for hydroxylation is 1. The van der Waals surface area contributed by atoms with Crippen molar-refractivity contribution in [1.82, 2.24) is 9.97 Å². The van der Waals surface area contributed by atoms with Crippen LogP contribution in [0, 0.1) is 0 Å². The van der Waals surface area contributed by atoms with E-state index in [0.717, 1.165) is 29.2 Å². The summed E-state index contributed by atoms with van der Waals surface area (Å²) >= 11 is 1.82. The molecule has 1 aromatic rings. The maximum atomic E-state index is 11.1. The molecule has 14 heavy (non-hydrogen) atoms. The molecule has 2 N–H and O–H groups in total. The molecule has 0 aromatic carbocycles. The number of ketones is 1. The van der Waals surface area contributed by atoms with E-state index in [4.69, 9.17) is 5.73 Å². The maximum Gasteiger partial charge on any atom is 0.197 e. The number of hydrogen-bond acceptors (Lipinski definition) is 5. The van der Waals surface area contributed by atoms with E-state index < -0.39 is 0 Å². The predicted octanol–water partition coefficient (Wildman–Crippen LogP) is 1.05. The molecule has 1 aromatic heterocycles. The van der Waals surface area contributed by atoms with Gasteiger partial charge in [-0.05, 0) is 12.2 Å². The molecule has 0 bridgehead atoms. The first-order valence-electron chi connectivity index (χ1n) is 4.42. The van der Waals surface area contributed by atoms with Crippen LogP contribution in [0.15, 0.2) is 0 Å². The Morgan fingerprint density at radius 2 is 2.29 bits per heavy atom. The number of carbonyl (C=O) groups excluding carboxylic acids is 1. The highest BCUT2D eigenvalue weighted by Crippen LogP contribution is 2.26. The van der Waals surface area contributed by atoms with Gasteiger partial charge in [0.2, 0.25) is 0 Å². The monoisotopic (exact) mass is 209 g/mol. The highest BCUT2D eigenvalue weighted by atomic mass is 32.2. The fraction of sp³-hybridized carbons (Fsp3) is 0.444. The summed E-state index contributed by atoms with van der Waals surface area (Å²) in [7, 11) is 0. The van der Waals surface area contributed by atoms with Gasteiger partial charge in [0.15, 0.2) is 11.6 Å². The second-order valence-electron chi connectivity index (χ2n) is 3.22. The van der Waals surface area contributed by atoms with Crippen molar-refractivity contribution in [2.75, 3.05) is 11.5 Å². The topological polar surface area (TPSA) is 68.9 Å². The Hall–Kier alpha value is -1.10. The third kappa shape index (κ3) is 1.59. The second-order valence-corrected chi connectivity index (χ2v) is 4.32. The molecule has 2 heterocycles. The number of thioether (sulfide) groups is 1. The van der Waals surface area contributed by atoms with Crippen molar-refractivity contribution in [3.05, 3.63) is 17.1 Å². The van der Waals surface area contributed by atoms with Crippen molar-refractivity contribution in [2.45, 2.75) is 19.1 Å². The molecular weight excluding hydrogens is 198 g/mol. The Morgan fingerprint density at radius 3 is 3.00 bits per heavy atom. The minimum absolute atomic E-state index is 0.127. The lowest BCUT2D eigenvalue weighted by Crippen LogP contribution is -2.14. The van der Waals surface area contributed by atoms with Crippen LogP contribution in [0.2, 0.25) is 0 Å². The summed E-state index contributed by atoms with van der Waals surface area (Å²) in [5, 5.41) is 0. The van der Waals surface area contributed by atoms with Gasteiger partial charge in [0, 0.05) is 18.2 Å². The summed E-state index contributed by atoms with van der Waals surface area (Å²) in [6.45, 7) is 1.46. The van der Waals surface area contributed by atoms with E-state index in [9.17, 15) is 4.79 Å². The van der Waals surface area contributed by atoms with E-state index >= 15 is 0 Å². The van der Waals surface area contributed by atoms with Gasteiger partial charge in [0.1, 0.15) is 5.82 Å². The minimum atomic E-state index is -0.127. The standard InChI is InChI=1S/C9H11N3OS/c1-5(13)9-11-7-2-3-14-4-6(7)8(10)12-9/h2-4H2,1H3,(H2,10,11,12). The van der Waals surface area contributed by atoms with Gasteiger partial charge in [-0.3, -0.25) is 4.79 Å². The molecule has 74 valence electrons. The van der Waals surface area contributed by atoms with Crippen molar-refractivity contribution >= 4 is 23.4 Å². The van der Waals surface area contributed by atoms with Crippen molar-refractivity contribution in [1.29, 1.82) is 0 Å². The van der Waals surface area contributed by atoms with Gasteiger partial charge in [-0.15, -0.1) is 0 Å². The number of nitrogen functional groups attached to an aromatic ring is 1. The summed E-state index contributed by atoms with van der Waals surface area (Å²) < 4.78 is 0. The zero-order valence-electron chi connectivity index (χ0n) is 7.91. The van der Waals surface area contributed by atoms with Crippen molar-refractivity contribution in [3.8, 4) is 0 Å². The van der Waals surface area contributed by atoms with E-state index in [2.05, 4.69) is 9.97 Å². The number of nitrogens with two attached hydrogens (primary N) is 1. The van der Waals surface area contributed by atoms with Crippen molar-refractivity contribution in [3.63, 3.8) is 0 Å². The van der Waals surface area contributed by atoms with Gasteiger partial charge < -0.3 is 5.73 Å². The molecule has 0 saturated carbocycles. The average Bonchev–Trinajstić information content (AvgIpc) is 2.17. The van der Waals surface area contributed by atoms with Crippen LogP contribution in [-0.2, 0) is 12.2 Å². The van der Waals surface area contributed by atoms with Gasteiger partial charge in [0.05, 0.1) is 5.69 Å². The highest BCUT2D eigenvalue weighted by Gasteiger charge is 2.17. The number of Topliss-reactive ketones (excluding diaryl/α,β-unsaturated/α-hetero) is 1. The largest absolute Gasteiger partial charge is 0.383 e. The zero-order chi connectivity index (χ0) is 10.1. The quantitative estimate of drug-likeness (QED) is 0.700. The van der Waals surface area contributed by atoms with E-state index in [0.29, 0.717) is 5.82 Å². The fourth-order valence-electron chi connectivity index (χ4n) is 1.41. The van der Waals surface area contributed by atoms with Gasteiger partial charge in [-0.25, -0.2) is 9.97 Å². The molecule has 0 saturated heterocycles. The Kier molecular flexibility index (Phi) is 2.41. The molecule has 0 atom stereocenters. The van der Waals surface area contributed by atoms with E-state index in [1.807, 2.05) is 11.8 Å². The molecule has 5 heteroatoms. The number of hydrogen-bond donors (Lipinski definition) is 1. The first-order valence-corrected chi connectivity index (χ1v) is 5.58. The third-order valence-corrected chi connectivity index (χ3v) is 3.15. The van der Waals surface area contributed by atoms with Crippen LogP contribution in [0.25, 0.3) is 0 Å². The van der Waals surface area contributed by atoms with Crippen LogP contribution in [-0.4, -0.2) is 21.5 Å².